The maximum Gasteiger partial charge on any atom is 0.302 e. The van der Waals surface area contributed by atoms with Gasteiger partial charge in [0, 0.05) is 24.2 Å². The van der Waals surface area contributed by atoms with Crippen molar-refractivity contribution in [1.82, 2.24) is 0 Å². The summed E-state index contributed by atoms with van der Waals surface area (Å²) < 4.78 is 11.8. The number of aliphatic hydroxyl groups excluding tert-OH is 1. The third-order valence-corrected chi connectivity index (χ3v) is 8.96. The van der Waals surface area contributed by atoms with Crippen LogP contribution in [0.1, 0.15) is 52.9 Å². The van der Waals surface area contributed by atoms with Gasteiger partial charge in [0.15, 0.2) is 5.78 Å². The number of allylic oxidation sites excluding steroid dienone is 1. The van der Waals surface area contributed by atoms with E-state index in [4.69, 9.17) is 9.47 Å². The molecule has 0 amide bonds. The van der Waals surface area contributed by atoms with Gasteiger partial charge in [0.2, 0.25) is 5.79 Å². The molecule has 0 radical (unpaired) electrons. The van der Waals surface area contributed by atoms with Gasteiger partial charge >= 0.3 is 5.97 Å². The highest BCUT2D eigenvalue weighted by Crippen LogP contribution is 2.76. The maximum atomic E-state index is 13.6. The lowest BCUT2D eigenvalue weighted by Gasteiger charge is -2.73. The first kappa shape index (κ1) is 18.8. The Morgan fingerprint density at radius 1 is 1.29 bits per heavy atom. The number of hydrogen-bond donors (Lipinski definition) is 2. The van der Waals surface area contributed by atoms with Gasteiger partial charge in [-0.05, 0) is 42.6 Å². The van der Waals surface area contributed by atoms with Gasteiger partial charge in [-0.3, -0.25) is 9.59 Å². The Morgan fingerprint density at radius 3 is 2.68 bits per heavy atom. The van der Waals surface area contributed by atoms with Crippen molar-refractivity contribution in [3.8, 4) is 0 Å². The van der Waals surface area contributed by atoms with Gasteiger partial charge in [-0.2, -0.15) is 0 Å². The smallest absolute Gasteiger partial charge is 0.302 e. The Morgan fingerprint density at radius 2 is 2.00 bits per heavy atom. The van der Waals surface area contributed by atoms with Crippen LogP contribution in [-0.4, -0.2) is 46.6 Å². The van der Waals surface area contributed by atoms with Crippen LogP contribution in [0.15, 0.2) is 12.2 Å². The normalized spacial score (nSPS) is 53.5. The predicted octanol–water partition coefficient (Wildman–Crippen LogP) is 1.98. The summed E-state index contributed by atoms with van der Waals surface area (Å²) in [5.74, 6) is -3.29. The molecule has 2 N–H and O–H groups in total. The minimum absolute atomic E-state index is 0.154. The van der Waals surface area contributed by atoms with E-state index in [0.717, 1.165) is 19.3 Å². The molecule has 6 nitrogen and oxygen atoms in total. The Bertz CT molecular complexity index is 788. The first-order valence-corrected chi connectivity index (χ1v) is 10.5. The number of rotatable bonds is 1. The molecule has 4 aliphatic carbocycles. The predicted molar refractivity (Wildman–Crippen MR) is 98.8 cm³/mol. The molecule has 2 saturated heterocycles. The lowest BCUT2D eigenvalue weighted by atomic mass is 9.36. The number of aliphatic hydroxyl groups is 2. The number of hydrogen-bond acceptors (Lipinski definition) is 6. The molecule has 0 aromatic carbocycles. The monoisotopic (exact) mass is 390 g/mol. The molecule has 4 bridgehead atoms. The van der Waals surface area contributed by atoms with Gasteiger partial charge in [0.25, 0.3) is 0 Å². The van der Waals surface area contributed by atoms with E-state index in [9.17, 15) is 19.8 Å². The highest BCUT2D eigenvalue weighted by atomic mass is 16.6. The fourth-order valence-corrected chi connectivity index (χ4v) is 8.28. The second-order valence-corrected chi connectivity index (χ2v) is 10.6. The van der Waals surface area contributed by atoms with Crippen LogP contribution in [0.4, 0.5) is 0 Å². The Kier molecular flexibility index (Phi) is 3.53. The molecular weight excluding hydrogens is 360 g/mol. The molecule has 6 heteroatoms. The number of fused-ring (bicyclic) bond motifs is 2. The van der Waals surface area contributed by atoms with Crippen molar-refractivity contribution in [3.63, 3.8) is 0 Å². The van der Waals surface area contributed by atoms with Crippen molar-refractivity contribution in [3.05, 3.63) is 12.2 Å². The maximum absolute atomic E-state index is 13.6. The molecule has 2 aliphatic heterocycles. The summed E-state index contributed by atoms with van der Waals surface area (Å²) in [6, 6.07) is 0. The zero-order valence-corrected chi connectivity index (χ0v) is 16.9. The van der Waals surface area contributed by atoms with Crippen LogP contribution in [0.2, 0.25) is 0 Å². The van der Waals surface area contributed by atoms with Gasteiger partial charge in [-0.15, -0.1) is 0 Å². The van der Waals surface area contributed by atoms with E-state index in [-0.39, 0.29) is 41.5 Å². The molecule has 2 heterocycles. The first-order valence-electron chi connectivity index (χ1n) is 10.5. The van der Waals surface area contributed by atoms with E-state index in [1.54, 1.807) is 0 Å². The highest BCUT2D eigenvalue weighted by molar-refractivity contribution is 6.04. The van der Waals surface area contributed by atoms with Gasteiger partial charge in [0.1, 0.15) is 12.2 Å². The van der Waals surface area contributed by atoms with E-state index in [1.807, 2.05) is 0 Å². The van der Waals surface area contributed by atoms with Crippen molar-refractivity contribution in [2.45, 2.75) is 70.9 Å². The Balaban J connectivity index is 1.77. The van der Waals surface area contributed by atoms with Crippen molar-refractivity contribution in [1.29, 1.82) is 0 Å². The topological polar surface area (TPSA) is 93.1 Å². The van der Waals surface area contributed by atoms with Crippen LogP contribution < -0.4 is 0 Å². The largest absolute Gasteiger partial charge is 0.462 e. The molecular formula is C22H30O6. The van der Waals surface area contributed by atoms with E-state index in [0.29, 0.717) is 18.4 Å². The number of ether oxygens (including phenoxy) is 2. The number of Topliss-reactive ketones (excluding diaryl/α,β-unsaturated/α-hetero) is 1. The summed E-state index contributed by atoms with van der Waals surface area (Å²) in [6.45, 7) is 9.93. The van der Waals surface area contributed by atoms with E-state index in [1.165, 1.54) is 6.92 Å². The average molecular weight is 390 g/mol. The fourth-order valence-electron chi connectivity index (χ4n) is 8.28. The van der Waals surface area contributed by atoms with Gasteiger partial charge in [-0.25, -0.2) is 0 Å². The molecule has 4 saturated carbocycles. The first-order chi connectivity index (χ1) is 13.0. The molecule has 154 valence electrons. The molecule has 0 aromatic heterocycles. The molecule has 28 heavy (non-hydrogen) atoms. The number of ketones is 1. The summed E-state index contributed by atoms with van der Waals surface area (Å²) in [5.41, 5.74) is -1.53. The van der Waals surface area contributed by atoms with Crippen molar-refractivity contribution in [2.75, 3.05) is 6.61 Å². The Hall–Kier alpha value is -1.24. The van der Waals surface area contributed by atoms with E-state index < -0.39 is 28.8 Å². The lowest BCUT2D eigenvalue weighted by molar-refractivity contribution is -0.445. The lowest BCUT2D eigenvalue weighted by Crippen LogP contribution is -2.83. The van der Waals surface area contributed by atoms with Crippen molar-refractivity contribution >= 4 is 11.8 Å². The average Bonchev–Trinajstić information content (AvgIpc) is 2.78. The van der Waals surface area contributed by atoms with Gasteiger partial charge < -0.3 is 19.7 Å². The number of carbonyl (C=O) groups is 2. The zero-order valence-electron chi connectivity index (χ0n) is 16.9. The van der Waals surface area contributed by atoms with Crippen LogP contribution in [0.5, 0.6) is 0 Å². The quantitative estimate of drug-likeness (QED) is 0.525. The molecule has 6 fully saturated rings. The van der Waals surface area contributed by atoms with Crippen LogP contribution in [0.3, 0.4) is 0 Å². The van der Waals surface area contributed by atoms with Crippen LogP contribution >= 0.6 is 0 Å². The van der Waals surface area contributed by atoms with Gasteiger partial charge in [0.05, 0.1) is 12.0 Å². The van der Waals surface area contributed by atoms with E-state index in [2.05, 4.69) is 20.4 Å². The Labute approximate surface area is 165 Å². The second-order valence-electron chi connectivity index (χ2n) is 10.6. The molecule has 1 unspecified atom stereocenters. The third-order valence-electron chi connectivity index (χ3n) is 8.96. The van der Waals surface area contributed by atoms with E-state index >= 15 is 0 Å². The fraction of sp³-hybridized carbons (Fsp3) is 0.818. The van der Waals surface area contributed by atoms with Crippen molar-refractivity contribution in [2.24, 2.45) is 34.0 Å². The molecule has 6 aliphatic rings. The van der Waals surface area contributed by atoms with Crippen LogP contribution in [-0.2, 0) is 19.1 Å². The minimum Gasteiger partial charge on any atom is -0.462 e. The van der Waals surface area contributed by atoms with Crippen LogP contribution in [0.25, 0.3) is 0 Å². The molecule has 8 atom stereocenters. The number of esters is 1. The summed E-state index contributed by atoms with van der Waals surface area (Å²) in [5, 5.41) is 23.2. The zero-order chi connectivity index (χ0) is 20.3. The summed E-state index contributed by atoms with van der Waals surface area (Å²) in [4.78, 5) is 25.5. The minimum atomic E-state index is -1.97. The summed E-state index contributed by atoms with van der Waals surface area (Å²) in [6.07, 6.45) is 2.03. The molecule has 0 aromatic rings. The third kappa shape index (κ3) is 1.81. The molecule has 6 rings (SSSR count). The summed E-state index contributed by atoms with van der Waals surface area (Å²) in [7, 11) is 0. The second kappa shape index (κ2) is 5.27. The van der Waals surface area contributed by atoms with Gasteiger partial charge in [-0.1, -0.05) is 26.8 Å². The van der Waals surface area contributed by atoms with Crippen molar-refractivity contribution < 1.29 is 29.3 Å². The standard InChI is InChI=1S/C22H30O6/c1-11-13-8-14(28-12(2)23)15-20-7-5-6-19(3,4)16(20)18(25)22(26,27-10-20)21(15,9-13)17(11)24/h13-16,18,25-26H,1,5-10H2,2-4H3/t13?,14-,15+,16-,18+,20-,21+,22+/m1/s1. The van der Waals surface area contributed by atoms with Crippen LogP contribution in [0, 0.1) is 34.0 Å². The molecule has 2 spiro atoms. The SMILES string of the molecule is C=C1C(=O)[C@]23CC1C[C@@H](OC(C)=O)[C@H]2[C@]12CCCC(C)(C)[C@H]1[C@H](O)[C@]3(O)OC2. The number of carbonyl (C=O) groups excluding carboxylic acids is 2. The summed E-state index contributed by atoms with van der Waals surface area (Å²) >= 11 is 0. The highest BCUT2D eigenvalue weighted by Gasteiger charge is 2.84.